The lowest BCUT2D eigenvalue weighted by molar-refractivity contribution is -0.111. The molecule has 10 heavy (non-hydrogen) atoms. The van der Waals surface area contributed by atoms with E-state index in [2.05, 4.69) is 18.2 Å². The molecule has 0 N–H and O–H groups in total. The van der Waals surface area contributed by atoms with Gasteiger partial charge < -0.3 is 4.79 Å². The fourth-order valence-corrected chi connectivity index (χ4v) is 1.27. The molecule has 0 aromatic heterocycles. The summed E-state index contributed by atoms with van der Waals surface area (Å²) in [6, 6.07) is 0. The van der Waals surface area contributed by atoms with Crippen molar-refractivity contribution >= 4 is 6.29 Å². The van der Waals surface area contributed by atoms with Crippen LogP contribution in [0.25, 0.3) is 0 Å². The summed E-state index contributed by atoms with van der Waals surface area (Å²) in [5.41, 5.74) is 0. The zero-order valence-corrected chi connectivity index (χ0v) is 6.16. The maximum Gasteiger partial charge on any atom is 0.124 e. The van der Waals surface area contributed by atoms with Crippen LogP contribution in [0.1, 0.15) is 13.3 Å². The minimum absolute atomic E-state index is 0.205. The van der Waals surface area contributed by atoms with Crippen molar-refractivity contribution in [2.24, 2.45) is 11.8 Å². The molecule has 0 spiro atoms. The van der Waals surface area contributed by atoms with Crippen molar-refractivity contribution in [1.82, 2.24) is 0 Å². The summed E-state index contributed by atoms with van der Waals surface area (Å²) in [6.45, 7) is 1.98. The molecule has 1 nitrogen and oxygen atoms in total. The molecule has 0 radical (unpaired) electrons. The normalized spacial score (nSPS) is 31.7. The number of hydrogen-bond acceptors (Lipinski definition) is 1. The third-order valence-corrected chi connectivity index (χ3v) is 1.85. The van der Waals surface area contributed by atoms with Crippen molar-refractivity contribution in [3.63, 3.8) is 0 Å². The molecule has 0 fully saturated rings. The number of hydrogen-bond donors (Lipinski definition) is 0. The van der Waals surface area contributed by atoms with E-state index in [0.717, 1.165) is 12.7 Å². The fourth-order valence-electron chi connectivity index (χ4n) is 1.27. The van der Waals surface area contributed by atoms with Crippen LogP contribution in [0.5, 0.6) is 0 Å². The Kier molecular flexibility index (Phi) is 2.43. The van der Waals surface area contributed by atoms with Crippen LogP contribution in [-0.2, 0) is 4.79 Å². The van der Waals surface area contributed by atoms with Gasteiger partial charge in [-0.15, -0.1) is 0 Å². The van der Waals surface area contributed by atoms with Gasteiger partial charge in [0.15, 0.2) is 0 Å². The smallest absolute Gasteiger partial charge is 0.124 e. The molecule has 1 heteroatoms. The van der Waals surface area contributed by atoms with Gasteiger partial charge in [0.05, 0.1) is 0 Å². The van der Waals surface area contributed by atoms with Crippen LogP contribution in [0.4, 0.5) is 0 Å². The van der Waals surface area contributed by atoms with E-state index in [1.807, 2.05) is 13.0 Å². The second kappa shape index (κ2) is 3.35. The van der Waals surface area contributed by atoms with E-state index in [4.69, 9.17) is 0 Å². The van der Waals surface area contributed by atoms with Crippen molar-refractivity contribution in [2.75, 3.05) is 0 Å². The van der Waals surface area contributed by atoms with Crippen LogP contribution in [0.3, 0.4) is 0 Å². The first-order valence-corrected chi connectivity index (χ1v) is 3.63. The first-order chi connectivity index (χ1) is 4.88. The average Bonchev–Trinajstić information content (AvgIpc) is 2.36. The van der Waals surface area contributed by atoms with Gasteiger partial charge in [0, 0.05) is 11.8 Å². The van der Waals surface area contributed by atoms with E-state index in [0.29, 0.717) is 5.92 Å². The maximum absolute atomic E-state index is 10.4. The molecule has 0 bridgehead atoms. The Balaban J connectivity index is 2.56. The summed E-state index contributed by atoms with van der Waals surface area (Å²) < 4.78 is 0. The van der Waals surface area contributed by atoms with Crippen molar-refractivity contribution in [2.45, 2.75) is 13.3 Å². The lowest BCUT2D eigenvalue weighted by atomic mass is 9.97. The molecular weight excluding hydrogens is 124 g/mol. The monoisotopic (exact) mass is 136 g/mol. The Hall–Kier alpha value is -0.850. The highest BCUT2D eigenvalue weighted by atomic mass is 16.1. The van der Waals surface area contributed by atoms with Crippen molar-refractivity contribution < 1.29 is 4.79 Å². The SMILES string of the molecule is C/C=C/C1C=CCC1C=O. The van der Waals surface area contributed by atoms with Crippen LogP contribution in [0.15, 0.2) is 24.3 Å². The first kappa shape index (κ1) is 7.26. The Labute approximate surface area is 61.4 Å². The van der Waals surface area contributed by atoms with Gasteiger partial charge in [0.25, 0.3) is 0 Å². The Bertz CT molecular complexity index is 168. The summed E-state index contributed by atoms with van der Waals surface area (Å²) in [5, 5.41) is 0. The van der Waals surface area contributed by atoms with E-state index in [-0.39, 0.29) is 5.92 Å². The van der Waals surface area contributed by atoms with Crippen molar-refractivity contribution in [3.05, 3.63) is 24.3 Å². The molecule has 54 valence electrons. The van der Waals surface area contributed by atoms with Gasteiger partial charge in [-0.2, -0.15) is 0 Å². The second-order valence-corrected chi connectivity index (χ2v) is 2.57. The van der Waals surface area contributed by atoms with Crippen LogP contribution in [0.2, 0.25) is 0 Å². The number of carbonyl (C=O) groups is 1. The molecule has 0 heterocycles. The molecular formula is C9H12O. The minimum atomic E-state index is 0.205. The molecule has 0 aromatic carbocycles. The molecule has 0 saturated heterocycles. The van der Waals surface area contributed by atoms with E-state index in [1.165, 1.54) is 0 Å². The lowest BCUT2D eigenvalue weighted by Gasteiger charge is -2.06. The van der Waals surface area contributed by atoms with Gasteiger partial charge in [0.2, 0.25) is 0 Å². The number of allylic oxidation sites excluding steroid dienone is 4. The van der Waals surface area contributed by atoms with Crippen LogP contribution < -0.4 is 0 Å². The minimum Gasteiger partial charge on any atom is -0.303 e. The molecule has 1 rings (SSSR count). The Morgan fingerprint density at radius 1 is 1.60 bits per heavy atom. The van der Waals surface area contributed by atoms with Gasteiger partial charge in [-0.3, -0.25) is 0 Å². The van der Waals surface area contributed by atoms with Crippen LogP contribution in [0, 0.1) is 11.8 Å². The van der Waals surface area contributed by atoms with Gasteiger partial charge in [-0.1, -0.05) is 24.3 Å². The van der Waals surface area contributed by atoms with E-state index in [9.17, 15) is 4.79 Å². The number of rotatable bonds is 2. The third kappa shape index (κ3) is 1.35. The Morgan fingerprint density at radius 2 is 2.40 bits per heavy atom. The predicted molar refractivity (Wildman–Crippen MR) is 41.6 cm³/mol. The molecule has 0 amide bonds. The topological polar surface area (TPSA) is 17.1 Å². The van der Waals surface area contributed by atoms with Gasteiger partial charge in [-0.05, 0) is 13.3 Å². The highest BCUT2D eigenvalue weighted by Crippen LogP contribution is 2.23. The number of carbonyl (C=O) groups excluding carboxylic acids is 1. The molecule has 0 aliphatic heterocycles. The molecule has 0 saturated carbocycles. The average molecular weight is 136 g/mol. The molecule has 2 atom stereocenters. The zero-order chi connectivity index (χ0) is 7.40. The largest absolute Gasteiger partial charge is 0.303 e. The second-order valence-electron chi connectivity index (χ2n) is 2.57. The van der Waals surface area contributed by atoms with Gasteiger partial charge in [-0.25, -0.2) is 0 Å². The predicted octanol–water partition coefficient (Wildman–Crippen LogP) is 1.95. The van der Waals surface area contributed by atoms with Gasteiger partial charge >= 0.3 is 0 Å². The lowest BCUT2D eigenvalue weighted by Crippen LogP contribution is -2.05. The fraction of sp³-hybridized carbons (Fsp3) is 0.444. The Morgan fingerprint density at radius 3 is 3.00 bits per heavy atom. The highest BCUT2D eigenvalue weighted by Gasteiger charge is 2.18. The molecule has 0 aromatic rings. The van der Waals surface area contributed by atoms with E-state index >= 15 is 0 Å². The quantitative estimate of drug-likeness (QED) is 0.419. The highest BCUT2D eigenvalue weighted by molar-refractivity contribution is 5.56. The zero-order valence-electron chi connectivity index (χ0n) is 6.16. The molecule has 1 aliphatic carbocycles. The standard InChI is InChI=1S/C9H12O/c1-2-4-8-5-3-6-9(8)7-10/h2-5,7-9H,6H2,1H3/b4-2+. The van der Waals surface area contributed by atoms with Crippen LogP contribution in [-0.4, -0.2) is 6.29 Å². The van der Waals surface area contributed by atoms with Crippen molar-refractivity contribution in [3.8, 4) is 0 Å². The summed E-state index contributed by atoms with van der Waals surface area (Å²) in [4.78, 5) is 10.4. The van der Waals surface area contributed by atoms with Crippen LogP contribution >= 0.6 is 0 Å². The molecule has 1 aliphatic rings. The summed E-state index contributed by atoms with van der Waals surface area (Å²) in [6.07, 6.45) is 10.2. The van der Waals surface area contributed by atoms with E-state index in [1.54, 1.807) is 0 Å². The first-order valence-electron chi connectivity index (χ1n) is 3.63. The summed E-state index contributed by atoms with van der Waals surface area (Å²) in [5.74, 6) is 0.568. The van der Waals surface area contributed by atoms with E-state index < -0.39 is 0 Å². The summed E-state index contributed by atoms with van der Waals surface area (Å²) >= 11 is 0. The van der Waals surface area contributed by atoms with Crippen molar-refractivity contribution in [1.29, 1.82) is 0 Å². The maximum atomic E-state index is 10.4. The van der Waals surface area contributed by atoms with Gasteiger partial charge in [0.1, 0.15) is 6.29 Å². The third-order valence-electron chi connectivity index (χ3n) is 1.85. The number of aldehydes is 1. The summed E-state index contributed by atoms with van der Waals surface area (Å²) in [7, 11) is 0. The molecule has 2 unspecified atom stereocenters.